The molecule has 1 aliphatic carbocycles. The Morgan fingerprint density at radius 1 is 1.14 bits per heavy atom. The van der Waals surface area contributed by atoms with Crippen molar-refractivity contribution in [2.24, 2.45) is 16.8 Å². The molecule has 0 amide bonds. The van der Waals surface area contributed by atoms with Gasteiger partial charge in [-0.15, -0.1) is 0 Å². The molecule has 0 heterocycles. The van der Waals surface area contributed by atoms with Gasteiger partial charge in [-0.2, -0.15) is 0 Å². The van der Waals surface area contributed by atoms with E-state index in [4.69, 9.17) is 0 Å². The Balaban J connectivity index is 2.73. The number of hydrogen-bond donors (Lipinski definition) is 0. The van der Waals surface area contributed by atoms with Crippen LogP contribution in [-0.4, -0.2) is 18.5 Å². The zero-order chi connectivity index (χ0) is 25.9. The van der Waals surface area contributed by atoms with Crippen LogP contribution in [0.5, 0.6) is 0 Å². The van der Waals surface area contributed by atoms with Crippen molar-refractivity contribution < 1.29 is 4.79 Å². The van der Waals surface area contributed by atoms with E-state index >= 15 is 0 Å². The third-order valence-electron chi connectivity index (χ3n) is 6.46. The number of aliphatic imine (C=N–C) groups is 1. The lowest BCUT2D eigenvalue weighted by Gasteiger charge is -2.14. The van der Waals surface area contributed by atoms with Crippen LogP contribution in [0.3, 0.4) is 0 Å². The second-order valence-electron chi connectivity index (χ2n) is 9.41. The molecule has 0 aromatic heterocycles. The Kier molecular flexibility index (Phi) is 16.1. The van der Waals surface area contributed by atoms with Crippen molar-refractivity contribution in [1.29, 1.82) is 0 Å². The quantitative estimate of drug-likeness (QED) is 0.107. The van der Waals surface area contributed by atoms with E-state index in [0.29, 0.717) is 5.92 Å². The van der Waals surface area contributed by atoms with Gasteiger partial charge >= 0.3 is 0 Å². The highest BCUT2D eigenvalue weighted by molar-refractivity contribution is 5.61. The van der Waals surface area contributed by atoms with Gasteiger partial charge in [0, 0.05) is 24.5 Å². The molecule has 0 bridgehead atoms. The van der Waals surface area contributed by atoms with Crippen LogP contribution in [-0.2, 0) is 4.79 Å². The summed E-state index contributed by atoms with van der Waals surface area (Å²) in [5.74, 6) is 0.341. The number of rotatable bonds is 14. The van der Waals surface area contributed by atoms with Crippen molar-refractivity contribution in [3.63, 3.8) is 0 Å². The Morgan fingerprint density at radius 3 is 2.66 bits per heavy atom. The summed E-state index contributed by atoms with van der Waals surface area (Å²) in [4.78, 5) is 15.4. The average Bonchev–Trinajstić information content (AvgIpc) is 2.85. The van der Waals surface area contributed by atoms with E-state index in [1.807, 2.05) is 20.1 Å². The second-order valence-corrected chi connectivity index (χ2v) is 9.41. The highest BCUT2D eigenvalue weighted by atomic mass is 16.1. The lowest BCUT2D eigenvalue weighted by atomic mass is 9.91. The van der Waals surface area contributed by atoms with Gasteiger partial charge in [-0.3, -0.25) is 4.99 Å². The van der Waals surface area contributed by atoms with Gasteiger partial charge in [-0.05, 0) is 72.3 Å². The molecule has 2 nitrogen and oxygen atoms in total. The first-order valence-electron chi connectivity index (χ1n) is 13.2. The third kappa shape index (κ3) is 13.1. The van der Waals surface area contributed by atoms with Gasteiger partial charge in [-0.1, -0.05) is 96.6 Å². The van der Waals surface area contributed by atoms with Crippen LogP contribution in [0.2, 0.25) is 0 Å². The summed E-state index contributed by atoms with van der Waals surface area (Å²) in [7, 11) is 0. The summed E-state index contributed by atoms with van der Waals surface area (Å²) in [6.07, 6.45) is 35.8. The molecule has 0 radical (unpaired) electrons. The molecule has 0 saturated carbocycles. The SMILES string of the molecule is C/C=C\C[C@H](C=CCC=N[C@@H](C)C(C)C=O)/C(=C\C)C/C=C\C=C(/C)CC1=C/C=C\CCC=C1C. The monoisotopic (exact) mass is 473 g/mol. The van der Waals surface area contributed by atoms with Crippen molar-refractivity contribution in [1.82, 2.24) is 0 Å². The fraction of sp³-hybridized carbons (Fsp3) is 0.455. The van der Waals surface area contributed by atoms with Gasteiger partial charge < -0.3 is 4.79 Å². The maximum Gasteiger partial charge on any atom is 0.124 e. The van der Waals surface area contributed by atoms with Crippen molar-refractivity contribution in [2.45, 2.75) is 86.1 Å². The van der Waals surface area contributed by atoms with E-state index in [1.54, 1.807) is 0 Å². The Labute approximate surface area is 215 Å². The standard InChI is InChI=1S/C33H47NO/c1-7-9-20-32(22-16-17-24-34-30(6)29(5)26-35)31(8-2)21-15-14-18-27(3)25-33-23-13-11-10-12-19-28(33)4/h7-9,11,13-16,18-19,22-24,26,29-30,32H,10,12,17,20-21,25H2,1-6H3/b9-7-,13-11-,15-14-,22-16?,27-18+,28-19?,31-8-,33-23?,34-24?/t29?,30-,32+/m0/s1. The summed E-state index contributed by atoms with van der Waals surface area (Å²) in [6.45, 7) is 12.5. The topological polar surface area (TPSA) is 29.4 Å². The molecule has 1 aliphatic rings. The first kappa shape index (κ1) is 30.3. The number of hydrogen-bond acceptors (Lipinski definition) is 2. The maximum atomic E-state index is 10.9. The first-order valence-corrected chi connectivity index (χ1v) is 13.2. The maximum absolute atomic E-state index is 10.9. The smallest absolute Gasteiger partial charge is 0.124 e. The van der Waals surface area contributed by atoms with E-state index in [1.165, 1.54) is 22.3 Å². The predicted molar refractivity (Wildman–Crippen MR) is 156 cm³/mol. The van der Waals surface area contributed by atoms with Crippen LogP contribution >= 0.6 is 0 Å². The minimum Gasteiger partial charge on any atom is -0.303 e. The predicted octanol–water partition coefficient (Wildman–Crippen LogP) is 9.26. The van der Waals surface area contributed by atoms with Crippen molar-refractivity contribution in [3.8, 4) is 0 Å². The van der Waals surface area contributed by atoms with Crippen LogP contribution in [0.1, 0.15) is 80.1 Å². The Morgan fingerprint density at radius 2 is 1.94 bits per heavy atom. The van der Waals surface area contributed by atoms with E-state index in [-0.39, 0.29) is 12.0 Å². The van der Waals surface area contributed by atoms with Crippen molar-refractivity contribution in [3.05, 3.63) is 95.2 Å². The average molecular weight is 474 g/mol. The van der Waals surface area contributed by atoms with Crippen molar-refractivity contribution >= 4 is 12.5 Å². The van der Waals surface area contributed by atoms with Gasteiger partial charge in [-0.25, -0.2) is 0 Å². The summed E-state index contributed by atoms with van der Waals surface area (Å²) >= 11 is 0. The second kappa shape index (κ2) is 18.6. The van der Waals surface area contributed by atoms with Gasteiger partial charge in [0.1, 0.15) is 6.29 Å². The highest BCUT2D eigenvalue weighted by Crippen LogP contribution is 2.23. The molecule has 35 heavy (non-hydrogen) atoms. The fourth-order valence-electron chi connectivity index (χ4n) is 3.83. The molecule has 1 rings (SSSR count). The lowest BCUT2D eigenvalue weighted by Crippen LogP contribution is -2.12. The highest BCUT2D eigenvalue weighted by Gasteiger charge is 2.09. The number of nitrogens with zero attached hydrogens (tertiary/aromatic N) is 1. The van der Waals surface area contributed by atoms with Crippen LogP contribution in [0.25, 0.3) is 0 Å². The largest absolute Gasteiger partial charge is 0.303 e. The molecule has 190 valence electrons. The summed E-state index contributed by atoms with van der Waals surface area (Å²) in [5, 5.41) is 0. The van der Waals surface area contributed by atoms with Crippen LogP contribution in [0.4, 0.5) is 0 Å². The van der Waals surface area contributed by atoms with Gasteiger partial charge in [0.15, 0.2) is 0 Å². The molecule has 0 spiro atoms. The van der Waals surface area contributed by atoms with E-state index in [9.17, 15) is 4.79 Å². The zero-order valence-electron chi connectivity index (χ0n) is 22.9. The van der Waals surface area contributed by atoms with Crippen LogP contribution < -0.4 is 0 Å². The number of carbonyl (C=O) groups excluding carboxylic acids is 1. The summed E-state index contributed by atoms with van der Waals surface area (Å²) < 4.78 is 0. The molecule has 0 N–H and O–H groups in total. The third-order valence-corrected chi connectivity index (χ3v) is 6.46. The van der Waals surface area contributed by atoms with Crippen LogP contribution in [0, 0.1) is 11.8 Å². The Bertz CT molecular complexity index is 901. The molecular formula is C33H47NO. The molecule has 0 aromatic carbocycles. The minimum absolute atomic E-state index is 0.0345. The van der Waals surface area contributed by atoms with E-state index < -0.39 is 0 Å². The van der Waals surface area contributed by atoms with E-state index in [0.717, 1.165) is 44.8 Å². The first-order chi connectivity index (χ1) is 16.9. The Hall–Kier alpha value is -2.74. The van der Waals surface area contributed by atoms with Gasteiger partial charge in [0.25, 0.3) is 0 Å². The molecule has 0 aromatic rings. The van der Waals surface area contributed by atoms with Crippen LogP contribution in [0.15, 0.2) is 100 Å². The van der Waals surface area contributed by atoms with Gasteiger partial charge in [0.05, 0.1) is 6.04 Å². The zero-order valence-corrected chi connectivity index (χ0v) is 22.9. The molecule has 0 aliphatic heterocycles. The molecule has 0 saturated heterocycles. The number of allylic oxidation sites excluding steroid dienone is 16. The normalized spacial score (nSPS) is 19.6. The van der Waals surface area contributed by atoms with Gasteiger partial charge in [0.2, 0.25) is 0 Å². The molecule has 1 unspecified atom stereocenters. The van der Waals surface area contributed by atoms with E-state index in [2.05, 4.69) is 106 Å². The molecule has 0 fully saturated rings. The lowest BCUT2D eigenvalue weighted by molar-refractivity contribution is -0.111. The summed E-state index contributed by atoms with van der Waals surface area (Å²) in [5.41, 5.74) is 5.61. The summed E-state index contributed by atoms with van der Waals surface area (Å²) in [6, 6.07) is 0.0345. The molecule has 2 heteroatoms. The molecule has 3 atom stereocenters. The number of aldehydes is 1. The molecular weight excluding hydrogens is 426 g/mol. The minimum atomic E-state index is -0.0393. The number of carbonyl (C=O) groups is 1. The van der Waals surface area contributed by atoms with Crippen molar-refractivity contribution in [2.75, 3.05) is 0 Å². The fourth-order valence-corrected chi connectivity index (χ4v) is 3.83.